The van der Waals surface area contributed by atoms with E-state index in [4.69, 9.17) is 14.2 Å². The fraction of sp³-hybridized carbons (Fsp3) is 0.600. The van der Waals surface area contributed by atoms with Crippen molar-refractivity contribution in [3.8, 4) is 0 Å². The van der Waals surface area contributed by atoms with E-state index in [2.05, 4.69) is 57.2 Å². The maximum atomic E-state index is 5.45. The van der Waals surface area contributed by atoms with Gasteiger partial charge in [0, 0.05) is 0 Å². The average Bonchev–Trinajstić information content (AvgIpc) is 2.42. The van der Waals surface area contributed by atoms with E-state index in [1.807, 2.05) is 0 Å². The van der Waals surface area contributed by atoms with Gasteiger partial charge in [0.25, 0.3) is 0 Å². The Labute approximate surface area is 143 Å². The van der Waals surface area contributed by atoms with Gasteiger partial charge >= 0.3 is 145 Å². The molecule has 3 saturated heterocycles. The predicted octanol–water partition coefficient (Wildman–Crippen LogP) is 2.23. The number of rotatable bonds is 7. The molecule has 0 bridgehead atoms. The summed E-state index contributed by atoms with van der Waals surface area (Å²) < 4.78 is 18.0. The Bertz CT molecular complexity index is 451. The van der Waals surface area contributed by atoms with E-state index >= 15 is 0 Å². The molecule has 3 heterocycles. The predicted molar refractivity (Wildman–Crippen MR) is 98.4 cm³/mol. The van der Waals surface area contributed by atoms with E-state index in [1.165, 1.54) is 0 Å². The first-order valence-electron chi connectivity index (χ1n) is 7.66. The summed E-state index contributed by atoms with van der Waals surface area (Å²) in [6.45, 7) is 5.58. The second-order valence-electron chi connectivity index (χ2n) is 5.75. The van der Waals surface area contributed by atoms with Crippen molar-refractivity contribution in [1.82, 2.24) is 0 Å². The summed E-state index contributed by atoms with van der Waals surface area (Å²) in [6, 6.07) is 11.3. The van der Waals surface area contributed by atoms with Crippen molar-refractivity contribution in [3.05, 3.63) is 30.3 Å². The Morgan fingerprint density at radius 3 is 1.41 bits per heavy atom. The molecule has 0 radical (unpaired) electrons. The third-order valence-corrected chi connectivity index (χ3v) is 42.5. The molecule has 0 atom stereocenters. The summed E-state index contributed by atoms with van der Waals surface area (Å²) in [5.74, 6) is 0. The van der Waals surface area contributed by atoms with E-state index in [0.29, 0.717) is 15.7 Å². The third-order valence-electron chi connectivity index (χ3n) is 3.92. The summed E-state index contributed by atoms with van der Waals surface area (Å²) >= 11 is -2.67. The minimum atomic E-state index is -2.67. The molecule has 0 aliphatic carbocycles. The molecule has 0 N–H and O–H groups in total. The first-order chi connectivity index (χ1) is 10.8. The molecule has 22 heavy (non-hydrogen) atoms. The molecule has 0 aromatic heterocycles. The standard InChI is InChI=1S/C6H5.3C3H6OS.Sn/c1-2-4-6-5-3-1;3*5-3-1-4-2-3;/h1-5H;3*3,5H,1-2H2;/q;;;;+3/p-3. The molecule has 3 fully saturated rings. The van der Waals surface area contributed by atoms with Crippen LogP contribution in [0.5, 0.6) is 0 Å². The van der Waals surface area contributed by atoms with Crippen LogP contribution in [0.25, 0.3) is 0 Å². The van der Waals surface area contributed by atoms with Crippen molar-refractivity contribution >= 4 is 44.6 Å². The van der Waals surface area contributed by atoms with Gasteiger partial charge in [0.2, 0.25) is 0 Å². The Balaban J connectivity index is 1.61. The fourth-order valence-corrected chi connectivity index (χ4v) is 49.2. The van der Waals surface area contributed by atoms with Crippen LogP contribution in [-0.2, 0) is 14.2 Å². The minimum absolute atomic E-state index is 0.693. The summed E-state index contributed by atoms with van der Waals surface area (Å²) in [6.07, 6.45) is 0. The van der Waals surface area contributed by atoms with Gasteiger partial charge < -0.3 is 0 Å². The van der Waals surface area contributed by atoms with Crippen LogP contribution >= 0.6 is 26.8 Å². The van der Waals surface area contributed by atoms with Crippen LogP contribution in [0, 0.1) is 0 Å². The van der Waals surface area contributed by atoms with Gasteiger partial charge in [0.05, 0.1) is 0 Å². The van der Waals surface area contributed by atoms with Crippen LogP contribution in [0.15, 0.2) is 30.3 Å². The normalized spacial score (nSPS) is 23.6. The van der Waals surface area contributed by atoms with E-state index in [1.54, 1.807) is 3.58 Å². The summed E-state index contributed by atoms with van der Waals surface area (Å²) in [5, 5.41) is 2.08. The molecule has 120 valence electrons. The Morgan fingerprint density at radius 1 is 0.682 bits per heavy atom. The van der Waals surface area contributed by atoms with E-state index < -0.39 is 14.2 Å². The zero-order valence-corrected chi connectivity index (χ0v) is 17.6. The van der Waals surface area contributed by atoms with E-state index in [-0.39, 0.29) is 0 Å². The van der Waals surface area contributed by atoms with Gasteiger partial charge in [-0.15, -0.1) is 0 Å². The second-order valence-corrected chi connectivity index (χ2v) is 36.9. The van der Waals surface area contributed by atoms with Crippen molar-refractivity contribution in [2.75, 3.05) is 39.6 Å². The second kappa shape index (κ2) is 7.45. The maximum absolute atomic E-state index is 5.45. The first kappa shape index (κ1) is 16.4. The zero-order valence-electron chi connectivity index (χ0n) is 12.3. The van der Waals surface area contributed by atoms with Crippen molar-refractivity contribution in [2.24, 2.45) is 0 Å². The summed E-state index contributed by atoms with van der Waals surface area (Å²) in [5.41, 5.74) is 0. The van der Waals surface area contributed by atoms with Crippen LogP contribution in [-0.4, -0.2) is 69.6 Å². The summed E-state index contributed by atoms with van der Waals surface area (Å²) in [7, 11) is 6.86. The van der Waals surface area contributed by atoms with E-state index in [0.717, 1.165) is 39.6 Å². The van der Waals surface area contributed by atoms with Crippen LogP contribution < -0.4 is 3.58 Å². The van der Waals surface area contributed by atoms with Crippen molar-refractivity contribution in [1.29, 1.82) is 0 Å². The SMILES string of the molecule is c1cc[c]([Sn]([S]C2COC2)([S]C2COC2)[S]C2COC2)cc1. The van der Waals surface area contributed by atoms with Gasteiger partial charge in [-0.05, 0) is 0 Å². The van der Waals surface area contributed by atoms with Gasteiger partial charge in [-0.1, -0.05) is 0 Å². The number of benzene rings is 1. The Hall–Kier alpha value is 0.949. The molecular weight excluding hydrogens is 443 g/mol. The molecule has 3 aliphatic rings. The van der Waals surface area contributed by atoms with Crippen LogP contribution in [0.3, 0.4) is 0 Å². The number of ether oxygens (including phenoxy) is 3. The Kier molecular flexibility index (Phi) is 5.56. The quantitative estimate of drug-likeness (QED) is 0.577. The molecule has 4 rings (SSSR count). The first-order valence-corrected chi connectivity index (χ1v) is 22.2. The Morgan fingerprint density at radius 2 is 1.09 bits per heavy atom. The van der Waals surface area contributed by atoms with Crippen molar-refractivity contribution in [3.63, 3.8) is 0 Å². The molecule has 0 spiro atoms. The van der Waals surface area contributed by atoms with Gasteiger partial charge in [0.1, 0.15) is 0 Å². The van der Waals surface area contributed by atoms with Crippen LogP contribution in [0.2, 0.25) is 0 Å². The average molecular weight is 463 g/mol. The molecule has 1 aromatic rings. The topological polar surface area (TPSA) is 27.7 Å². The van der Waals surface area contributed by atoms with Crippen molar-refractivity contribution in [2.45, 2.75) is 15.7 Å². The van der Waals surface area contributed by atoms with Gasteiger partial charge in [-0.3, -0.25) is 0 Å². The van der Waals surface area contributed by atoms with Gasteiger partial charge in [-0.25, -0.2) is 0 Å². The van der Waals surface area contributed by atoms with Crippen LogP contribution in [0.1, 0.15) is 0 Å². The molecule has 3 nitrogen and oxygen atoms in total. The molecule has 0 amide bonds. The molecular formula is C15H20O3S3Sn. The van der Waals surface area contributed by atoms with Crippen molar-refractivity contribution < 1.29 is 14.2 Å². The van der Waals surface area contributed by atoms with E-state index in [9.17, 15) is 0 Å². The summed E-state index contributed by atoms with van der Waals surface area (Å²) in [4.78, 5) is 0. The fourth-order valence-electron chi connectivity index (χ4n) is 2.43. The third kappa shape index (κ3) is 3.63. The van der Waals surface area contributed by atoms with Gasteiger partial charge in [0.15, 0.2) is 0 Å². The molecule has 3 aliphatic heterocycles. The molecule has 7 heteroatoms. The molecule has 0 saturated carbocycles. The molecule has 1 aromatic carbocycles. The van der Waals surface area contributed by atoms with Crippen LogP contribution in [0.4, 0.5) is 0 Å². The monoisotopic (exact) mass is 464 g/mol. The molecule has 0 unspecified atom stereocenters. The zero-order chi connectivity index (χ0) is 14.8. The van der Waals surface area contributed by atoms with Gasteiger partial charge in [-0.2, -0.15) is 0 Å². The number of hydrogen-bond donors (Lipinski definition) is 0. The number of hydrogen-bond acceptors (Lipinski definition) is 6.